The molecule has 1 aromatic carbocycles. The van der Waals surface area contributed by atoms with Gasteiger partial charge in [0, 0.05) is 6.42 Å². The van der Waals surface area contributed by atoms with Crippen LogP contribution >= 0.6 is 11.3 Å². The molecule has 0 atom stereocenters. The molecule has 0 unspecified atom stereocenters. The molecule has 0 aliphatic carbocycles. The predicted molar refractivity (Wildman–Crippen MR) is 77.5 cm³/mol. The number of nitrogens with one attached hydrogen (secondary N) is 1. The van der Waals surface area contributed by atoms with Crippen LogP contribution in [0.4, 0.5) is 5.13 Å². The van der Waals surface area contributed by atoms with Crippen LogP contribution in [0.15, 0.2) is 24.3 Å². The lowest BCUT2D eigenvalue weighted by Crippen LogP contribution is -2.22. The number of nitrogens with zero attached hydrogens (tertiary/aromatic N) is 2. The number of ether oxygens (including phenoxy) is 1. The van der Waals surface area contributed by atoms with Gasteiger partial charge in [-0.05, 0) is 24.1 Å². The summed E-state index contributed by atoms with van der Waals surface area (Å²) in [5, 5.41) is 11.4. The highest BCUT2D eigenvalue weighted by atomic mass is 32.1. The standard InChI is InChI=1S/C13H16N4O2S/c1-19-10-4-2-3-9(7-10)5-6-11(18)15-8-12-16-17-13(14)20-12/h2-4,7H,5-6,8H2,1H3,(H2,14,17)(H,15,18). The number of nitrogens with two attached hydrogens (primary N) is 1. The molecule has 0 saturated carbocycles. The topological polar surface area (TPSA) is 90.1 Å². The van der Waals surface area contributed by atoms with Gasteiger partial charge >= 0.3 is 0 Å². The van der Waals surface area contributed by atoms with Crippen LogP contribution in [0.2, 0.25) is 0 Å². The number of nitrogen functional groups attached to an aromatic ring is 1. The summed E-state index contributed by atoms with van der Waals surface area (Å²) in [4.78, 5) is 11.7. The van der Waals surface area contributed by atoms with Crippen LogP contribution in [-0.4, -0.2) is 23.2 Å². The Labute approximate surface area is 121 Å². The predicted octanol–water partition coefficient (Wildman–Crippen LogP) is 1.38. The van der Waals surface area contributed by atoms with E-state index < -0.39 is 0 Å². The third-order valence-electron chi connectivity index (χ3n) is 2.69. The quantitative estimate of drug-likeness (QED) is 0.839. The zero-order valence-corrected chi connectivity index (χ0v) is 11.9. The van der Waals surface area contributed by atoms with Gasteiger partial charge in [0.2, 0.25) is 11.0 Å². The van der Waals surface area contributed by atoms with Gasteiger partial charge in [-0.2, -0.15) is 0 Å². The SMILES string of the molecule is COc1cccc(CCC(=O)NCc2nnc(N)s2)c1. The van der Waals surface area contributed by atoms with E-state index in [2.05, 4.69) is 15.5 Å². The zero-order chi connectivity index (χ0) is 14.4. The lowest BCUT2D eigenvalue weighted by molar-refractivity contribution is -0.121. The van der Waals surface area contributed by atoms with Crippen molar-refractivity contribution in [2.24, 2.45) is 0 Å². The van der Waals surface area contributed by atoms with Gasteiger partial charge in [0.25, 0.3) is 0 Å². The van der Waals surface area contributed by atoms with E-state index in [1.54, 1.807) is 7.11 Å². The molecular formula is C13H16N4O2S. The normalized spacial score (nSPS) is 10.2. The van der Waals surface area contributed by atoms with Crippen molar-refractivity contribution < 1.29 is 9.53 Å². The Morgan fingerprint density at radius 1 is 1.45 bits per heavy atom. The van der Waals surface area contributed by atoms with Gasteiger partial charge in [0.1, 0.15) is 10.8 Å². The molecule has 20 heavy (non-hydrogen) atoms. The average molecular weight is 292 g/mol. The van der Waals surface area contributed by atoms with Crippen molar-refractivity contribution in [2.45, 2.75) is 19.4 Å². The summed E-state index contributed by atoms with van der Waals surface area (Å²) in [5.74, 6) is 0.772. The highest BCUT2D eigenvalue weighted by Crippen LogP contribution is 2.14. The van der Waals surface area contributed by atoms with Crippen LogP contribution < -0.4 is 15.8 Å². The maximum Gasteiger partial charge on any atom is 0.220 e. The zero-order valence-electron chi connectivity index (χ0n) is 11.1. The summed E-state index contributed by atoms with van der Waals surface area (Å²) < 4.78 is 5.14. The van der Waals surface area contributed by atoms with Crippen LogP contribution in [0, 0.1) is 0 Å². The van der Waals surface area contributed by atoms with Crippen molar-refractivity contribution in [2.75, 3.05) is 12.8 Å². The number of aryl methyl sites for hydroxylation is 1. The smallest absolute Gasteiger partial charge is 0.220 e. The molecule has 7 heteroatoms. The van der Waals surface area contributed by atoms with Crippen molar-refractivity contribution in [1.29, 1.82) is 0 Å². The van der Waals surface area contributed by atoms with E-state index in [4.69, 9.17) is 10.5 Å². The maximum absolute atomic E-state index is 11.7. The number of carbonyl (C=O) groups excluding carboxylic acids is 1. The molecule has 6 nitrogen and oxygen atoms in total. The molecule has 0 aliphatic rings. The monoisotopic (exact) mass is 292 g/mol. The number of rotatable bonds is 6. The van der Waals surface area contributed by atoms with E-state index in [9.17, 15) is 4.79 Å². The Bertz CT molecular complexity index is 585. The van der Waals surface area contributed by atoms with Crippen LogP contribution in [-0.2, 0) is 17.8 Å². The molecule has 3 N–H and O–H groups in total. The average Bonchev–Trinajstić information content (AvgIpc) is 2.89. The van der Waals surface area contributed by atoms with Gasteiger partial charge in [0.15, 0.2) is 0 Å². The highest BCUT2D eigenvalue weighted by Gasteiger charge is 2.05. The van der Waals surface area contributed by atoms with Crippen molar-refractivity contribution in [3.8, 4) is 5.75 Å². The van der Waals surface area contributed by atoms with Crippen LogP contribution in [0.25, 0.3) is 0 Å². The minimum atomic E-state index is -0.0263. The van der Waals surface area contributed by atoms with E-state index in [-0.39, 0.29) is 5.91 Å². The Morgan fingerprint density at radius 3 is 3.00 bits per heavy atom. The first kappa shape index (κ1) is 14.3. The number of benzene rings is 1. The highest BCUT2D eigenvalue weighted by molar-refractivity contribution is 7.15. The summed E-state index contributed by atoms with van der Waals surface area (Å²) in [7, 11) is 1.62. The molecule has 0 bridgehead atoms. The number of methoxy groups -OCH3 is 1. The van der Waals surface area contributed by atoms with Crippen molar-refractivity contribution in [1.82, 2.24) is 15.5 Å². The van der Waals surface area contributed by atoms with Crippen LogP contribution in [0.1, 0.15) is 17.0 Å². The molecular weight excluding hydrogens is 276 g/mol. The van der Waals surface area contributed by atoms with Gasteiger partial charge in [-0.15, -0.1) is 10.2 Å². The minimum absolute atomic E-state index is 0.0263. The molecule has 2 rings (SSSR count). The molecule has 0 aliphatic heterocycles. The fraction of sp³-hybridized carbons (Fsp3) is 0.308. The number of aromatic nitrogens is 2. The van der Waals surface area contributed by atoms with Crippen LogP contribution in [0.5, 0.6) is 5.75 Å². The summed E-state index contributed by atoms with van der Waals surface area (Å²) >= 11 is 1.27. The second kappa shape index (κ2) is 6.85. The Morgan fingerprint density at radius 2 is 2.30 bits per heavy atom. The molecule has 106 valence electrons. The molecule has 0 spiro atoms. The maximum atomic E-state index is 11.7. The molecule has 1 amide bonds. The first-order valence-corrected chi connectivity index (χ1v) is 6.96. The molecule has 0 fully saturated rings. The number of hydrogen-bond acceptors (Lipinski definition) is 6. The number of hydrogen-bond donors (Lipinski definition) is 2. The van der Waals surface area contributed by atoms with Crippen molar-refractivity contribution in [3.63, 3.8) is 0 Å². The van der Waals surface area contributed by atoms with E-state index in [1.165, 1.54) is 11.3 Å². The Kier molecular flexibility index (Phi) is 4.89. The fourth-order valence-corrected chi connectivity index (χ4v) is 2.24. The Balaban J connectivity index is 1.77. The summed E-state index contributed by atoms with van der Waals surface area (Å²) in [6, 6.07) is 7.69. The third-order valence-corrected chi connectivity index (χ3v) is 3.45. The summed E-state index contributed by atoms with van der Waals surface area (Å²) in [6.07, 6.45) is 1.09. The van der Waals surface area contributed by atoms with E-state index >= 15 is 0 Å². The first-order valence-electron chi connectivity index (χ1n) is 6.15. The van der Waals surface area contributed by atoms with Gasteiger partial charge < -0.3 is 15.8 Å². The molecule has 1 aromatic heterocycles. The number of carbonyl (C=O) groups is 1. The molecule has 0 saturated heterocycles. The minimum Gasteiger partial charge on any atom is -0.497 e. The second-order valence-electron chi connectivity index (χ2n) is 4.16. The summed E-state index contributed by atoms with van der Waals surface area (Å²) in [6.45, 7) is 0.367. The molecule has 1 heterocycles. The number of amides is 1. The third kappa shape index (κ3) is 4.20. The largest absolute Gasteiger partial charge is 0.497 e. The lowest BCUT2D eigenvalue weighted by Gasteiger charge is -2.05. The van der Waals surface area contributed by atoms with E-state index in [1.807, 2.05) is 24.3 Å². The van der Waals surface area contributed by atoms with E-state index in [0.29, 0.717) is 29.5 Å². The van der Waals surface area contributed by atoms with Gasteiger partial charge in [-0.25, -0.2) is 0 Å². The number of anilines is 1. The van der Waals surface area contributed by atoms with Gasteiger partial charge in [-0.3, -0.25) is 4.79 Å². The van der Waals surface area contributed by atoms with Crippen molar-refractivity contribution in [3.05, 3.63) is 34.8 Å². The fourth-order valence-electron chi connectivity index (χ4n) is 1.69. The van der Waals surface area contributed by atoms with Gasteiger partial charge in [0.05, 0.1) is 13.7 Å². The molecule has 2 aromatic rings. The molecule has 0 radical (unpaired) electrons. The van der Waals surface area contributed by atoms with Gasteiger partial charge in [-0.1, -0.05) is 23.5 Å². The van der Waals surface area contributed by atoms with Crippen molar-refractivity contribution >= 4 is 22.4 Å². The summed E-state index contributed by atoms with van der Waals surface area (Å²) in [5.41, 5.74) is 6.54. The Hall–Kier alpha value is -2.15. The first-order chi connectivity index (χ1) is 9.67. The van der Waals surface area contributed by atoms with Crippen LogP contribution in [0.3, 0.4) is 0 Å². The second-order valence-corrected chi connectivity index (χ2v) is 5.26. The van der Waals surface area contributed by atoms with E-state index in [0.717, 1.165) is 11.3 Å². The lowest BCUT2D eigenvalue weighted by atomic mass is 10.1.